The number of H-pyrrole nitrogens is 3. The fraction of sp³-hybridized carbons (Fsp3) is 0.625. The van der Waals surface area contributed by atoms with Gasteiger partial charge in [0.2, 0.25) is 0 Å². The number of aromatic amines is 3. The van der Waals surface area contributed by atoms with Gasteiger partial charge in [-0.15, -0.1) is 0 Å². The number of aryl methyl sites for hydroxylation is 3. The summed E-state index contributed by atoms with van der Waals surface area (Å²) in [6, 6.07) is 4.20. The molecule has 0 fully saturated rings. The number of aromatic nitrogens is 6. The van der Waals surface area contributed by atoms with Crippen molar-refractivity contribution in [3.63, 3.8) is 0 Å². The van der Waals surface area contributed by atoms with Crippen molar-refractivity contribution in [3.8, 4) is 0 Å². The van der Waals surface area contributed by atoms with Gasteiger partial charge in [0.15, 0.2) is 0 Å². The van der Waals surface area contributed by atoms with E-state index >= 15 is 0 Å². The summed E-state index contributed by atoms with van der Waals surface area (Å²) in [4.78, 5) is 0. The molecular weight excluding hydrogens is 372 g/mol. The molecule has 0 spiro atoms. The molecule has 0 atom stereocenters. The molecule has 3 rings (SSSR count). The Morgan fingerprint density at radius 3 is 1.53 bits per heavy atom. The molecule has 0 saturated carbocycles. The molecule has 6 heteroatoms. The highest BCUT2D eigenvalue weighted by atomic mass is 15.1. The Morgan fingerprint density at radius 1 is 0.700 bits per heavy atom. The van der Waals surface area contributed by atoms with Crippen molar-refractivity contribution in [2.45, 2.75) is 99.8 Å². The number of hydrogen-bond donors (Lipinski definition) is 3. The van der Waals surface area contributed by atoms with Crippen molar-refractivity contribution in [2.24, 2.45) is 0 Å². The Bertz CT molecular complexity index is 851. The van der Waals surface area contributed by atoms with Crippen LogP contribution < -0.4 is 0 Å². The van der Waals surface area contributed by atoms with E-state index < -0.39 is 0 Å². The zero-order chi connectivity index (χ0) is 22.8. The van der Waals surface area contributed by atoms with Gasteiger partial charge < -0.3 is 0 Å². The third-order valence-corrected chi connectivity index (χ3v) is 4.99. The maximum absolute atomic E-state index is 4.26. The van der Waals surface area contributed by atoms with Gasteiger partial charge in [-0.25, -0.2) is 0 Å². The normalized spacial score (nSPS) is 10.8. The Balaban J connectivity index is 0.000000226. The highest BCUT2D eigenvalue weighted by Gasteiger charge is 2.09. The molecule has 0 amide bonds. The SMILES string of the molecule is CCc1[nH]nc(C(C)C)c1C.CCc1cc(C(C)C)n[nH]1.Cc1cc(C(C)C)n[nH]1. The fourth-order valence-corrected chi connectivity index (χ4v) is 2.95. The van der Waals surface area contributed by atoms with E-state index in [1.165, 1.54) is 22.6 Å². The predicted octanol–water partition coefficient (Wildman–Crippen LogP) is 6.34. The molecular formula is C24H42N6. The van der Waals surface area contributed by atoms with Gasteiger partial charge in [-0.3, -0.25) is 15.3 Å². The number of nitrogens with zero attached hydrogens (tertiary/aromatic N) is 3. The maximum atomic E-state index is 4.26. The van der Waals surface area contributed by atoms with Crippen molar-refractivity contribution < 1.29 is 0 Å². The predicted molar refractivity (Wildman–Crippen MR) is 126 cm³/mol. The first-order valence-electron chi connectivity index (χ1n) is 11.2. The summed E-state index contributed by atoms with van der Waals surface area (Å²) in [6.07, 6.45) is 2.09. The highest BCUT2D eigenvalue weighted by Crippen LogP contribution is 2.18. The van der Waals surface area contributed by atoms with E-state index in [1.807, 2.05) is 6.92 Å². The summed E-state index contributed by atoms with van der Waals surface area (Å²) in [5.41, 5.74) is 8.49. The molecule has 0 aliphatic carbocycles. The van der Waals surface area contributed by atoms with Crippen LogP contribution in [-0.4, -0.2) is 30.6 Å². The number of nitrogens with one attached hydrogen (secondary N) is 3. The molecule has 0 aliphatic heterocycles. The third kappa shape index (κ3) is 7.81. The first-order chi connectivity index (χ1) is 14.1. The van der Waals surface area contributed by atoms with Gasteiger partial charge >= 0.3 is 0 Å². The third-order valence-electron chi connectivity index (χ3n) is 4.99. The molecule has 0 aromatic carbocycles. The summed E-state index contributed by atoms with van der Waals surface area (Å²) in [5, 5.41) is 21.5. The van der Waals surface area contributed by atoms with Gasteiger partial charge in [-0.1, -0.05) is 55.4 Å². The zero-order valence-electron chi connectivity index (χ0n) is 20.6. The van der Waals surface area contributed by atoms with E-state index in [-0.39, 0.29) is 0 Å². The zero-order valence-corrected chi connectivity index (χ0v) is 20.6. The lowest BCUT2D eigenvalue weighted by atomic mass is 10.0. The topological polar surface area (TPSA) is 86.0 Å². The smallest absolute Gasteiger partial charge is 0.0679 e. The van der Waals surface area contributed by atoms with Crippen molar-refractivity contribution in [2.75, 3.05) is 0 Å². The second kappa shape index (κ2) is 12.4. The molecule has 3 N–H and O–H groups in total. The average molecular weight is 415 g/mol. The summed E-state index contributed by atoms with van der Waals surface area (Å²) >= 11 is 0. The summed E-state index contributed by atoms with van der Waals surface area (Å²) in [7, 11) is 0. The van der Waals surface area contributed by atoms with Crippen LogP contribution in [0.25, 0.3) is 0 Å². The van der Waals surface area contributed by atoms with Gasteiger partial charge in [0.25, 0.3) is 0 Å². The van der Waals surface area contributed by atoms with E-state index in [2.05, 4.69) is 105 Å². The van der Waals surface area contributed by atoms with E-state index in [1.54, 1.807) is 0 Å². The largest absolute Gasteiger partial charge is 0.283 e. The van der Waals surface area contributed by atoms with Crippen LogP contribution in [0, 0.1) is 13.8 Å². The number of hydrogen-bond acceptors (Lipinski definition) is 3. The number of rotatable bonds is 5. The lowest BCUT2D eigenvalue weighted by molar-refractivity contribution is 0.803. The lowest BCUT2D eigenvalue weighted by Gasteiger charge is -2.00. The lowest BCUT2D eigenvalue weighted by Crippen LogP contribution is -1.90. The average Bonchev–Trinajstić information content (AvgIpc) is 3.41. The van der Waals surface area contributed by atoms with Crippen LogP contribution >= 0.6 is 0 Å². The molecule has 3 aromatic rings. The second-order valence-corrected chi connectivity index (χ2v) is 8.68. The van der Waals surface area contributed by atoms with Crippen molar-refractivity contribution >= 4 is 0 Å². The van der Waals surface area contributed by atoms with E-state index in [0.717, 1.165) is 29.9 Å². The minimum atomic E-state index is 0.534. The van der Waals surface area contributed by atoms with Crippen LogP contribution in [0.2, 0.25) is 0 Å². The van der Waals surface area contributed by atoms with Gasteiger partial charge in [-0.05, 0) is 62.1 Å². The first kappa shape index (κ1) is 25.7. The van der Waals surface area contributed by atoms with E-state index in [4.69, 9.17) is 0 Å². The van der Waals surface area contributed by atoms with Crippen LogP contribution in [0.5, 0.6) is 0 Å². The molecule has 0 radical (unpaired) electrons. The van der Waals surface area contributed by atoms with Gasteiger partial charge in [-0.2, -0.15) is 15.3 Å². The monoisotopic (exact) mass is 414 g/mol. The maximum Gasteiger partial charge on any atom is 0.0679 e. The van der Waals surface area contributed by atoms with Crippen LogP contribution in [0.4, 0.5) is 0 Å². The Morgan fingerprint density at radius 2 is 1.27 bits per heavy atom. The van der Waals surface area contributed by atoms with Crippen molar-refractivity contribution in [1.82, 2.24) is 30.6 Å². The standard InChI is InChI=1S/C9H16N2.C8H14N2.C7H12N2/c1-5-8-7(4)9(6(2)3)11-10-8;1-4-7-5-8(6(2)3)10-9-7;1-5(2)7-4-6(3)8-9-7/h6H,5H2,1-4H3,(H,10,11);5-6H,4H2,1-3H3,(H,9,10);4-5H,1-3H3,(H,8,9). The molecule has 0 unspecified atom stereocenters. The molecule has 30 heavy (non-hydrogen) atoms. The summed E-state index contributed by atoms with van der Waals surface area (Å²) in [5.74, 6) is 1.61. The van der Waals surface area contributed by atoms with Crippen LogP contribution in [0.3, 0.4) is 0 Å². The molecule has 6 nitrogen and oxygen atoms in total. The molecule has 0 aliphatic rings. The van der Waals surface area contributed by atoms with Gasteiger partial charge in [0.05, 0.1) is 17.1 Å². The van der Waals surface area contributed by atoms with Crippen LogP contribution in [0.15, 0.2) is 12.1 Å². The van der Waals surface area contributed by atoms with E-state index in [9.17, 15) is 0 Å². The molecule has 0 bridgehead atoms. The van der Waals surface area contributed by atoms with Gasteiger partial charge in [0, 0.05) is 17.1 Å². The Hall–Kier alpha value is -2.37. The fourth-order valence-electron chi connectivity index (χ4n) is 2.95. The molecule has 3 heterocycles. The first-order valence-corrected chi connectivity index (χ1v) is 11.2. The Kier molecular flexibility index (Phi) is 10.6. The summed E-state index contributed by atoms with van der Waals surface area (Å²) in [6.45, 7) is 21.3. The van der Waals surface area contributed by atoms with Crippen molar-refractivity contribution in [1.29, 1.82) is 0 Å². The summed E-state index contributed by atoms with van der Waals surface area (Å²) < 4.78 is 0. The molecule has 3 aromatic heterocycles. The van der Waals surface area contributed by atoms with Crippen LogP contribution in [0.1, 0.15) is 113 Å². The highest BCUT2D eigenvalue weighted by molar-refractivity contribution is 5.25. The minimum Gasteiger partial charge on any atom is -0.283 e. The quantitative estimate of drug-likeness (QED) is 0.455. The van der Waals surface area contributed by atoms with Crippen molar-refractivity contribution in [3.05, 3.63) is 51.9 Å². The van der Waals surface area contributed by atoms with Crippen LogP contribution in [-0.2, 0) is 12.8 Å². The second-order valence-electron chi connectivity index (χ2n) is 8.68. The van der Waals surface area contributed by atoms with Gasteiger partial charge in [0.1, 0.15) is 0 Å². The van der Waals surface area contributed by atoms with E-state index in [0.29, 0.717) is 17.8 Å². The minimum absolute atomic E-state index is 0.534. The molecule has 0 saturated heterocycles. The molecule has 168 valence electrons. The Labute approximate surface area is 182 Å².